The highest BCUT2D eigenvalue weighted by Crippen LogP contribution is 2.07. The number of nitrogens with two attached hydrogens (primary N) is 5. The van der Waals surface area contributed by atoms with Gasteiger partial charge in [0.15, 0.2) is 5.96 Å². The third-order valence-electron chi connectivity index (χ3n) is 5.14. The maximum Gasteiger partial charge on any atom is 0.326 e. The molecule has 212 valence electrons. The highest BCUT2D eigenvalue weighted by atomic mass is 32.2. The largest absolute Gasteiger partial charge is 0.480 e. The highest BCUT2D eigenvalue weighted by molar-refractivity contribution is 7.98. The number of carboxylic acids is 1. The van der Waals surface area contributed by atoms with Gasteiger partial charge in [0.2, 0.25) is 23.6 Å². The molecule has 0 aliphatic heterocycles. The number of carbonyl (C=O) groups is 5. The zero-order chi connectivity index (χ0) is 28.4. The summed E-state index contributed by atoms with van der Waals surface area (Å²) in [4.78, 5) is 64.9. The van der Waals surface area contributed by atoms with E-state index >= 15 is 0 Å². The molecule has 16 heteroatoms. The van der Waals surface area contributed by atoms with Gasteiger partial charge in [0, 0.05) is 6.54 Å². The van der Waals surface area contributed by atoms with Gasteiger partial charge in [-0.3, -0.25) is 24.2 Å². The zero-order valence-electron chi connectivity index (χ0n) is 21.1. The Bertz CT molecular complexity index is 794. The minimum Gasteiger partial charge on any atom is -0.480 e. The standard InChI is InChI=1S/C21H41N9O6S/c1-37-10-7-14(19(34)30-15(20(35)36)6-4-9-27-21(25)26)29-18(33)13(5-2-3-8-22)28-17(32)12(23)11-16(24)31/h12-15H,2-11,22-23H2,1H3,(H2,24,31)(H,28,32)(H,29,33)(H,30,34)(H,35,36)(H4,25,26,27). The third-order valence-corrected chi connectivity index (χ3v) is 5.79. The summed E-state index contributed by atoms with van der Waals surface area (Å²) in [5, 5.41) is 17.0. The lowest BCUT2D eigenvalue weighted by atomic mass is 10.1. The molecule has 0 aliphatic rings. The molecule has 0 aromatic carbocycles. The van der Waals surface area contributed by atoms with Crippen LogP contribution in [-0.2, 0) is 24.0 Å². The van der Waals surface area contributed by atoms with Crippen LogP contribution in [0.1, 0.15) is 44.9 Å². The van der Waals surface area contributed by atoms with Crippen LogP contribution in [0.5, 0.6) is 0 Å². The van der Waals surface area contributed by atoms with E-state index in [9.17, 15) is 29.1 Å². The van der Waals surface area contributed by atoms with Crippen molar-refractivity contribution in [1.82, 2.24) is 16.0 Å². The van der Waals surface area contributed by atoms with Gasteiger partial charge in [-0.15, -0.1) is 0 Å². The molecule has 14 N–H and O–H groups in total. The summed E-state index contributed by atoms with van der Waals surface area (Å²) in [6.45, 7) is 0.568. The van der Waals surface area contributed by atoms with Gasteiger partial charge >= 0.3 is 5.97 Å². The lowest BCUT2D eigenvalue weighted by Gasteiger charge is -2.25. The van der Waals surface area contributed by atoms with E-state index in [1.54, 1.807) is 0 Å². The van der Waals surface area contributed by atoms with Crippen molar-refractivity contribution in [1.29, 1.82) is 0 Å². The Labute approximate surface area is 220 Å². The Morgan fingerprint density at radius 2 is 1.38 bits per heavy atom. The van der Waals surface area contributed by atoms with Crippen LogP contribution in [-0.4, -0.2) is 89.9 Å². The monoisotopic (exact) mass is 547 g/mol. The molecule has 0 spiro atoms. The summed E-state index contributed by atoms with van der Waals surface area (Å²) in [6, 6.07) is -4.58. The van der Waals surface area contributed by atoms with E-state index in [1.807, 2.05) is 6.26 Å². The predicted octanol–water partition coefficient (Wildman–Crippen LogP) is -3.34. The molecule has 0 saturated heterocycles. The van der Waals surface area contributed by atoms with Crippen LogP contribution in [0.25, 0.3) is 0 Å². The molecule has 37 heavy (non-hydrogen) atoms. The summed E-state index contributed by atoms with van der Waals surface area (Å²) in [5.74, 6) is -3.74. The van der Waals surface area contributed by atoms with Crippen LogP contribution in [0.2, 0.25) is 0 Å². The summed E-state index contributed by atoms with van der Waals surface area (Å²) in [7, 11) is 0. The number of carbonyl (C=O) groups excluding carboxylic acids is 4. The van der Waals surface area contributed by atoms with E-state index < -0.39 is 60.2 Å². The quantitative estimate of drug-likeness (QED) is 0.0412. The Balaban J connectivity index is 5.45. The number of unbranched alkanes of at least 4 members (excludes halogenated alkanes) is 1. The fraction of sp³-hybridized carbons (Fsp3) is 0.714. The number of rotatable bonds is 20. The average molecular weight is 548 g/mol. The summed E-state index contributed by atoms with van der Waals surface area (Å²) in [6.07, 6.45) is 3.29. The molecule has 0 saturated carbocycles. The van der Waals surface area contributed by atoms with Gasteiger partial charge in [0.05, 0.1) is 12.5 Å². The minimum absolute atomic E-state index is 0.0660. The number of hydrogen-bond acceptors (Lipinski definition) is 9. The number of nitrogens with one attached hydrogen (secondary N) is 3. The van der Waals surface area contributed by atoms with Crippen LogP contribution in [0.3, 0.4) is 0 Å². The number of nitrogens with zero attached hydrogens (tertiary/aromatic N) is 1. The molecule has 0 rings (SSSR count). The molecule has 0 bridgehead atoms. The van der Waals surface area contributed by atoms with Crippen molar-refractivity contribution in [3.05, 3.63) is 0 Å². The molecule has 0 aliphatic carbocycles. The van der Waals surface area contributed by atoms with Crippen LogP contribution in [0, 0.1) is 0 Å². The Morgan fingerprint density at radius 3 is 1.89 bits per heavy atom. The summed E-state index contributed by atoms with van der Waals surface area (Å²) in [5.41, 5.74) is 26.8. The second-order valence-electron chi connectivity index (χ2n) is 8.31. The smallest absolute Gasteiger partial charge is 0.326 e. The lowest BCUT2D eigenvalue weighted by molar-refractivity contribution is -0.142. The molecular weight excluding hydrogens is 506 g/mol. The first kappa shape index (κ1) is 33.9. The first-order chi connectivity index (χ1) is 17.4. The van der Waals surface area contributed by atoms with Crippen LogP contribution in [0.15, 0.2) is 4.99 Å². The molecule has 15 nitrogen and oxygen atoms in total. The molecule has 0 heterocycles. The highest BCUT2D eigenvalue weighted by Gasteiger charge is 2.30. The first-order valence-corrected chi connectivity index (χ1v) is 13.2. The molecule has 0 radical (unpaired) electrons. The minimum atomic E-state index is -1.25. The average Bonchev–Trinajstić information content (AvgIpc) is 2.81. The predicted molar refractivity (Wildman–Crippen MR) is 141 cm³/mol. The van der Waals surface area contributed by atoms with Gasteiger partial charge in [-0.2, -0.15) is 11.8 Å². The van der Waals surface area contributed by atoms with E-state index in [0.29, 0.717) is 31.6 Å². The van der Waals surface area contributed by atoms with Crippen molar-refractivity contribution in [2.75, 3.05) is 25.1 Å². The van der Waals surface area contributed by atoms with E-state index in [4.69, 9.17) is 28.7 Å². The van der Waals surface area contributed by atoms with Gasteiger partial charge in [-0.25, -0.2) is 4.79 Å². The lowest BCUT2D eigenvalue weighted by Crippen LogP contribution is -2.57. The number of guanidine groups is 1. The van der Waals surface area contributed by atoms with Crippen molar-refractivity contribution in [2.24, 2.45) is 33.7 Å². The van der Waals surface area contributed by atoms with Crippen molar-refractivity contribution < 1.29 is 29.1 Å². The fourth-order valence-electron chi connectivity index (χ4n) is 3.16. The van der Waals surface area contributed by atoms with Gasteiger partial charge in [0.1, 0.15) is 18.1 Å². The molecule has 0 aromatic rings. The topological polar surface area (TPSA) is 284 Å². The molecule has 4 amide bonds. The van der Waals surface area contributed by atoms with Crippen molar-refractivity contribution in [2.45, 2.75) is 69.1 Å². The molecular formula is C21H41N9O6S. The Kier molecular flexibility index (Phi) is 17.5. The van der Waals surface area contributed by atoms with Crippen molar-refractivity contribution in [3.8, 4) is 0 Å². The van der Waals surface area contributed by atoms with E-state index in [-0.39, 0.29) is 31.8 Å². The van der Waals surface area contributed by atoms with Gasteiger partial charge in [0.25, 0.3) is 0 Å². The molecule has 4 unspecified atom stereocenters. The first-order valence-electron chi connectivity index (χ1n) is 11.8. The Morgan fingerprint density at radius 1 is 0.838 bits per heavy atom. The van der Waals surface area contributed by atoms with E-state index in [2.05, 4.69) is 20.9 Å². The molecule has 4 atom stereocenters. The third kappa shape index (κ3) is 15.6. The summed E-state index contributed by atoms with van der Waals surface area (Å²) < 4.78 is 0. The number of aliphatic imine (C=N–C) groups is 1. The van der Waals surface area contributed by atoms with Gasteiger partial charge < -0.3 is 49.7 Å². The summed E-state index contributed by atoms with van der Waals surface area (Å²) >= 11 is 1.43. The van der Waals surface area contributed by atoms with Crippen LogP contribution >= 0.6 is 11.8 Å². The number of hydrogen-bond donors (Lipinski definition) is 9. The maximum absolute atomic E-state index is 13.1. The number of thioether (sulfide) groups is 1. The number of amides is 4. The number of carboxylic acid groups (broad SMARTS) is 1. The molecule has 0 aromatic heterocycles. The van der Waals surface area contributed by atoms with Gasteiger partial charge in [-0.1, -0.05) is 0 Å². The van der Waals surface area contributed by atoms with Crippen molar-refractivity contribution >= 4 is 47.3 Å². The SMILES string of the molecule is CSCCC(NC(=O)C(CCCCN)NC(=O)C(N)CC(N)=O)C(=O)NC(CCCN=C(N)N)C(=O)O. The second kappa shape index (κ2) is 19.1. The normalized spacial score (nSPS) is 13.9. The van der Waals surface area contributed by atoms with Crippen LogP contribution in [0.4, 0.5) is 0 Å². The van der Waals surface area contributed by atoms with Crippen molar-refractivity contribution in [3.63, 3.8) is 0 Å². The zero-order valence-corrected chi connectivity index (χ0v) is 21.9. The fourth-order valence-corrected chi connectivity index (χ4v) is 3.63. The Hall–Kier alpha value is -3.11. The van der Waals surface area contributed by atoms with Gasteiger partial charge in [-0.05, 0) is 57.1 Å². The number of aliphatic carboxylic acids is 1. The van der Waals surface area contributed by atoms with Crippen LogP contribution < -0.4 is 44.6 Å². The number of primary amides is 1. The maximum atomic E-state index is 13.1. The second-order valence-corrected chi connectivity index (χ2v) is 9.30. The van der Waals surface area contributed by atoms with E-state index in [1.165, 1.54) is 11.8 Å². The molecule has 0 fully saturated rings. The van der Waals surface area contributed by atoms with E-state index in [0.717, 1.165) is 0 Å².